The second-order valence-corrected chi connectivity index (χ2v) is 5.78. The van der Waals surface area contributed by atoms with Crippen LogP contribution < -0.4 is 0 Å². The van der Waals surface area contributed by atoms with Crippen molar-refractivity contribution in [3.63, 3.8) is 0 Å². The SMILES string of the molecule is CC(C1CC1)N(C)C(=O)c1ccc(Cn2cncn2)cc1. The van der Waals surface area contributed by atoms with Crippen molar-refractivity contribution in [1.29, 1.82) is 0 Å². The van der Waals surface area contributed by atoms with Crippen LogP contribution in [0.1, 0.15) is 35.7 Å². The molecule has 0 saturated heterocycles. The number of hydrogen-bond donors (Lipinski definition) is 0. The molecule has 1 aliphatic rings. The van der Waals surface area contributed by atoms with E-state index in [9.17, 15) is 4.79 Å². The zero-order valence-electron chi connectivity index (χ0n) is 12.4. The van der Waals surface area contributed by atoms with Crippen LogP contribution in [0.4, 0.5) is 0 Å². The van der Waals surface area contributed by atoms with Gasteiger partial charge in [0.25, 0.3) is 5.91 Å². The number of hydrogen-bond acceptors (Lipinski definition) is 3. The predicted molar refractivity (Wildman–Crippen MR) is 79.8 cm³/mol. The van der Waals surface area contributed by atoms with E-state index in [4.69, 9.17) is 0 Å². The predicted octanol–water partition coefficient (Wildman–Crippen LogP) is 2.20. The van der Waals surface area contributed by atoms with Gasteiger partial charge < -0.3 is 4.90 Å². The lowest BCUT2D eigenvalue weighted by atomic mass is 10.1. The Morgan fingerprint density at radius 3 is 2.67 bits per heavy atom. The number of rotatable bonds is 5. The lowest BCUT2D eigenvalue weighted by molar-refractivity contribution is 0.0727. The summed E-state index contributed by atoms with van der Waals surface area (Å²) in [6, 6.07) is 8.07. The standard InChI is InChI=1S/C16H20N4O/c1-12(14-7-8-14)19(2)16(21)15-5-3-13(4-6-15)9-20-11-17-10-18-20/h3-6,10-12,14H,7-9H2,1-2H3. The Hall–Kier alpha value is -2.17. The molecule has 5 heteroatoms. The van der Waals surface area contributed by atoms with Crippen LogP contribution in [-0.2, 0) is 6.54 Å². The lowest BCUT2D eigenvalue weighted by Gasteiger charge is -2.25. The van der Waals surface area contributed by atoms with Crippen molar-refractivity contribution in [3.8, 4) is 0 Å². The Balaban J connectivity index is 1.66. The first-order chi connectivity index (χ1) is 10.1. The molecule has 1 unspecified atom stereocenters. The largest absolute Gasteiger partial charge is 0.339 e. The number of carbonyl (C=O) groups excluding carboxylic acids is 1. The molecule has 0 bridgehead atoms. The molecule has 0 N–H and O–H groups in total. The summed E-state index contributed by atoms with van der Waals surface area (Å²) in [5.74, 6) is 0.784. The molecule has 0 aliphatic heterocycles. The topological polar surface area (TPSA) is 51.0 Å². The zero-order chi connectivity index (χ0) is 14.8. The van der Waals surface area contributed by atoms with Crippen LogP contribution in [0.2, 0.25) is 0 Å². The number of benzene rings is 1. The van der Waals surface area contributed by atoms with E-state index in [0.717, 1.165) is 11.1 Å². The van der Waals surface area contributed by atoms with Crippen LogP contribution in [0, 0.1) is 5.92 Å². The molecule has 21 heavy (non-hydrogen) atoms. The molecule has 110 valence electrons. The molecule has 1 atom stereocenters. The summed E-state index contributed by atoms with van der Waals surface area (Å²) in [6.45, 7) is 2.80. The second-order valence-electron chi connectivity index (χ2n) is 5.78. The van der Waals surface area contributed by atoms with Crippen molar-refractivity contribution >= 4 is 5.91 Å². The minimum absolute atomic E-state index is 0.0988. The molecular weight excluding hydrogens is 264 g/mol. The first-order valence-electron chi connectivity index (χ1n) is 7.33. The van der Waals surface area contributed by atoms with E-state index in [-0.39, 0.29) is 5.91 Å². The van der Waals surface area contributed by atoms with Gasteiger partial charge in [0, 0.05) is 18.7 Å². The van der Waals surface area contributed by atoms with Gasteiger partial charge in [0.15, 0.2) is 0 Å². The molecular formula is C16H20N4O. The third-order valence-electron chi connectivity index (χ3n) is 4.25. The maximum atomic E-state index is 12.4. The molecule has 1 amide bonds. The fraction of sp³-hybridized carbons (Fsp3) is 0.438. The molecule has 1 fully saturated rings. The van der Waals surface area contributed by atoms with Crippen LogP contribution in [0.3, 0.4) is 0 Å². The van der Waals surface area contributed by atoms with Crippen molar-refractivity contribution in [2.75, 3.05) is 7.05 Å². The number of carbonyl (C=O) groups is 1. The third kappa shape index (κ3) is 3.12. The van der Waals surface area contributed by atoms with E-state index in [1.807, 2.05) is 36.2 Å². The molecule has 1 saturated carbocycles. The van der Waals surface area contributed by atoms with Crippen LogP contribution in [0.15, 0.2) is 36.9 Å². The Bertz CT molecular complexity index is 602. The zero-order valence-corrected chi connectivity index (χ0v) is 12.4. The Morgan fingerprint density at radius 2 is 2.10 bits per heavy atom. The summed E-state index contributed by atoms with van der Waals surface area (Å²) in [5.41, 5.74) is 1.85. The van der Waals surface area contributed by atoms with Crippen molar-refractivity contribution in [3.05, 3.63) is 48.0 Å². The summed E-state index contributed by atoms with van der Waals surface area (Å²) < 4.78 is 1.76. The van der Waals surface area contributed by atoms with E-state index in [1.165, 1.54) is 19.2 Å². The van der Waals surface area contributed by atoms with Crippen molar-refractivity contribution in [2.45, 2.75) is 32.4 Å². The summed E-state index contributed by atoms with van der Waals surface area (Å²) in [6.07, 6.45) is 5.70. The molecule has 1 aromatic carbocycles. The van der Waals surface area contributed by atoms with E-state index in [2.05, 4.69) is 17.0 Å². The van der Waals surface area contributed by atoms with Gasteiger partial charge in [-0.1, -0.05) is 12.1 Å². The van der Waals surface area contributed by atoms with Crippen molar-refractivity contribution in [1.82, 2.24) is 19.7 Å². The van der Waals surface area contributed by atoms with Gasteiger partial charge in [-0.05, 0) is 43.4 Å². The monoisotopic (exact) mass is 284 g/mol. The molecule has 1 aromatic heterocycles. The molecule has 1 aliphatic carbocycles. The first-order valence-corrected chi connectivity index (χ1v) is 7.33. The molecule has 3 rings (SSSR count). The smallest absolute Gasteiger partial charge is 0.253 e. The molecule has 2 aromatic rings. The van der Waals surface area contributed by atoms with Gasteiger partial charge in [0.05, 0.1) is 6.54 Å². The number of amides is 1. The summed E-state index contributed by atoms with van der Waals surface area (Å²) in [5, 5.41) is 4.08. The number of nitrogens with zero attached hydrogens (tertiary/aromatic N) is 4. The lowest BCUT2D eigenvalue weighted by Crippen LogP contribution is -2.36. The maximum Gasteiger partial charge on any atom is 0.253 e. The minimum atomic E-state index is 0.0988. The van der Waals surface area contributed by atoms with Gasteiger partial charge in [0.1, 0.15) is 12.7 Å². The highest BCUT2D eigenvalue weighted by Crippen LogP contribution is 2.35. The highest BCUT2D eigenvalue weighted by Gasteiger charge is 2.32. The maximum absolute atomic E-state index is 12.4. The van der Waals surface area contributed by atoms with Gasteiger partial charge in [0.2, 0.25) is 0 Å². The molecule has 0 spiro atoms. The number of aromatic nitrogens is 3. The average Bonchev–Trinajstić information content (AvgIpc) is 3.24. The van der Waals surface area contributed by atoms with Gasteiger partial charge in [-0.15, -0.1) is 0 Å². The Morgan fingerprint density at radius 1 is 1.38 bits per heavy atom. The summed E-state index contributed by atoms with van der Waals surface area (Å²) >= 11 is 0. The molecule has 5 nitrogen and oxygen atoms in total. The quantitative estimate of drug-likeness (QED) is 0.845. The highest BCUT2D eigenvalue weighted by molar-refractivity contribution is 5.94. The summed E-state index contributed by atoms with van der Waals surface area (Å²) in [7, 11) is 1.90. The molecule has 0 radical (unpaired) electrons. The Kier molecular flexibility index (Phi) is 3.73. The second kappa shape index (κ2) is 5.68. The Labute approximate surface area is 124 Å². The third-order valence-corrected chi connectivity index (χ3v) is 4.25. The fourth-order valence-corrected chi connectivity index (χ4v) is 2.54. The van der Waals surface area contributed by atoms with E-state index in [0.29, 0.717) is 18.5 Å². The minimum Gasteiger partial charge on any atom is -0.339 e. The van der Waals surface area contributed by atoms with Crippen LogP contribution in [0.5, 0.6) is 0 Å². The van der Waals surface area contributed by atoms with Gasteiger partial charge >= 0.3 is 0 Å². The van der Waals surface area contributed by atoms with Gasteiger partial charge in [-0.2, -0.15) is 5.10 Å². The average molecular weight is 284 g/mol. The van der Waals surface area contributed by atoms with Crippen LogP contribution in [0.25, 0.3) is 0 Å². The van der Waals surface area contributed by atoms with E-state index < -0.39 is 0 Å². The van der Waals surface area contributed by atoms with Gasteiger partial charge in [-0.25, -0.2) is 9.67 Å². The normalized spacial score (nSPS) is 15.7. The fourth-order valence-electron chi connectivity index (χ4n) is 2.54. The van der Waals surface area contributed by atoms with Crippen molar-refractivity contribution < 1.29 is 4.79 Å². The van der Waals surface area contributed by atoms with Gasteiger partial charge in [-0.3, -0.25) is 4.79 Å². The highest BCUT2D eigenvalue weighted by atomic mass is 16.2. The summed E-state index contributed by atoms with van der Waals surface area (Å²) in [4.78, 5) is 18.2. The van der Waals surface area contributed by atoms with Crippen LogP contribution >= 0.6 is 0 Å². The first kappa shape index (κ1) is 13.8. The van der Waals surface area contributed by atoms with E-state index >= 15 is 0 Å². The van der Waals surface area contributed by atoms with Crippen LogP contribution in [-0.4, -0.2) is 38.7 Å². The van der Waals surface area contributed by atoms with E-state index in [1.54, 1.807) is 11.0 Å². The molecule has 1 heterocycles. The van der Waals surface area contributed by atoms with Crippen molar-refractivity contribution in [2.24, 2.45) is 5.92 Å².